The van der Waals surface area contributed by atoms with E-state index in [2.05, 4.69) is 15.2 Å². The smallest absolute Gasteiger partial charge is 0.243 e. The molecule has 4 rings (SSSR count). The van der Waals surface area contributed by atoms with Crippen LogP contribution in [0.5, 0.6) is 0 Å². The molecule has 9 nitrogen and oxygen atoms in total. The van der Waals surface area contributed by atoms with Crippen LogP contribution in [-0.4, -0.2) is 68.8 Å². The van der Waals surface area contributed by atoms with Crippen LogP contribution in [0.2, 0.25) is 0 Å². The third kappa shape index (κ3) is 5.40. The number of hydrogen-bond acceptors (Lipinski definition) is 7. The number of nitrogens with zero attached hydrogens (tertiary/aromatic N) is 3. The molecule has 3 heterocycles. The van der Waals surface area contributed by atoms with Crippen LogP contribution in [0.15, 0.2) is 47.5 Å². The molecule has 176 valence electrons. The van der Waals surface area contributed by atoms with Gasteiger partial charge in [-0.2, -0.15) is 4.31 Å². The van der Waals surface area contributed by atoms with Gasteiger partial charge in [0.1, 0.15) is 5.82 Å². The monoisotopic (exact) mass is 472 g/mol. The van der Waals surface area contributed by atoms with Gasteiger partial charge in [0, 0.05) is 37.7 Å². The lowest BCUT2D eigenvalue weighted by molar-refractivity contribution is -0.120. The van der Waals surface area contributed by atoms with E-state index < -0.39 is 10.0 Å². The van der Waals surface area contributed by atoms with E-state index in [1.165, 1.54) is 23.4 Å². The van der Waals surface area contributed by atoms with E-state index >= 15 is 0 Å². The number of ketones is 1. The number of sulfonamides is 1. The highest BCUT2D eigenvalue weighted by Gasteiger charge is 2.32. The van der Waals surface area contributed by atoms with E-state index in [0.717, 1.165) is 18.8 Å². The van der Waals surface area contributed by atoms with E-state index in [-0.39, 0.29) is 35.6 Å². The quantitative estimate of drug-likeness (QED) is 0.642. The summed E-state index contributed by atoms with van der Waals surface area (Å²) in [5.41, 5.74) is 1.35. The number of piperidine rings is 1. The zero-order valence-electron chi connectivity index (χ0n) is 18.6. The molecule has 1 aromatic heterocycles. The van der Waals surface area contributed by atoms with Crippen molar-refractivity contribution in [2.45, 2.75) is 24.7 Å². The van der Waals surface area contributed by atoms with Gasteiger partial charge in [-0.3, -0.25) is 9.59 Å². The summed E-state index contributed by atoms with van der Waals surface area (Å²) < 4.78 is 32.7. The standard InChI is InChI=1S/C23H28N4O5S/c1-17(28)19-3-2-4-21(15-19)33(30,31)27-9-7-18(8-10-27)23(29)25-22-6-5-20(16-24-22)26-11-13-32-14-12-26/h2-6,15-16,18H,7-14H2,1H3,(H,24,25,29). The Balaban J connectivity index is 1.33. The summed E-state index contributed by atoms with van der Waals surface area (Å²) in [6.07, 6.45) is 2.58. The minimum absolute atomic E-state index is 0.0997. The fourth-order valence-electron chi connectivity index (χ4n) is 4.08. The average Bonchev–Trinajstić information content (AvgIpc) is 2.85. The van der Waals surface area contributed by atoms with Crippen LogP contribution in [0.4, 0.5) is 11.5 Å². The van der Waals surface area contributed by atoms with Gasteiger partial charge in [-0.15, -0.1) is 0 Å². The molecule has 0 unspecified atom stereocenters. The number of rotatable bonds is 6. The molecule has 2 aliphatic rings. The van der Waals surface area contributed by atoms with Gasteiger partial charge in [0.25, 0.3) is 0 Å². The lowest BCUT2D eigenvalue weighted by Gasteiger charge is -2.30. The molecule has 1 aromatic carbocycles. The summed E-state index contributed by atoms with van der Waals surface area (Å²) in [4.78, 5) is 31.0. The molecule has 0 bridgehead atoms. The van der Waals surface area contributed by atoms with Gasteiger partial charge in [0.05, 0.1) is 30.0 Å². The number of nitrogens with one attached hydrogen (secondary N) is 1. The van der Waals surface area contributed by atoms with Crippen LogP contribution < -0.4 is 10.2 Å². The van der Waals surface area contributed by atoms with E-state index in [1.54, 1.807) is 24.4 Å². The summed E-state index contributed by atoms with van der Waals surface area (Å²) in [7, 11) is -3.72. The molecule has 1 N–H and O–H groups in total. The first-order valence-corrected chi connectivity index (χ1v) is 12.5. The topological polar surface area (TPSA) is 109 Å². The molecule has 0 radical (unpaired) electrons. The summed E-state index contributed by atoms with van der Waals surface area (Å²) in [5.74, 6) is -0.153. The highest BCUT2D eigenvalue weighted by Crippen LogP contribution is 2.25. The van der Waals surface area contributed by atoms with E-state index in [9.17, 15) is 18.0 Å². The second-order valence-electron chi connectivity index (χ2n) is 8.25. The number of aromatic nitrogens is 1. The lowest BCUT2D eigenvalue weighted by Crippen LogP contribution is -2.41. The molecule has 0 saturated carbocycles. The predicted octanol–water partition coefficient (Wildman–Crippen LogP) is 2.16. The molecule has 2 aromatic rings. The molecule has 10 heteroatoms. The van der Waals surface area contributed by atoms with E-state index in [0.29, 0.717) is 37.4 Å². The van der Waals surface area contributed by atoms with Crippen molar-refractivity contribution in [1.82, 2.24) is 9.29 Å². The minimum Gasteiger partial charge on any atom is -0.378 e. The van der Waals surface area contributed by atoms with Crippen molar-refractivity contribution in [1.29, 1.82) is 0 Å². The molecule has 2 aliphatic heterocycles. The van der Waals surface area contributed by atoms with Crippen molar-refractivity contribution in [3.05, 3.63) is 48.2 Å². The van der Waals surface area contributed by atoms with Crippen molar-refractivity contribution in [3.8, 4) is 0 Å². The summed E-state index contributed by atoms with van der Waals surface area (Å²) in [5, 5.41) is 2.85. The van der Waals surface area contributed by atoms with Gasteiger partial charge in [0.15, 0.2) is 5.78 Å². The fraction of sp³-hybridized carbons (Fsp3) is 0.435. The number of amides is 1. The van der Waals surface area contributed by atoms with Crippen molar-refractivity contribution < 1.29 is 22.7 Å². The second-order valence-corrected chi connectivity index (χ2v) is 10.2. The Labute approximate surface area is 193 Å². The third-order valence-electron chi connectivity index (χ3n) is 6.08. The van der Waals surface area contributed by atoms with Crippen LogP contribution in [0.3, 0.4) is 0 Å². The Morgan fingerprint density at radius 2 is 1.79 bits per heavy atom. The summed E-state index contributed by atoms with van der Waals surface area (Å²) >= 11 is 0. The number of pyridine rings is 1. The van der Waals surface area contributed by atoms with Gasteiger partial charge >= 0.3 is 0 Å². The highest BCUT2D eigenvalue weighted by atomic mass is 32.2. The van der Waals surface area contributed by atoms with Crippen molar-refractivity contribution in [2.75, 3.05) is 49.6 Å². The van der Waals surface area contributed by atoms with Gasteiger partial charge in [-0.05, 0) is 44.0 Å². The number of hydrogen-bond donors (Lipinski definition) is 1. The molecular weight excluding hydrogens is 444 g/mol. The molecule has 2 saturated heterocycles. The number of carbonyl (C=O) groups is 2. The van der Waals surface area contributed by atoms with E-state index in [4.69, 9.17) is 4.74 Å². The molecule has 2 fully saturated rings. The van der Waals surface area contributed by atoms with E-state index in [1.807, 2.05) is 6.07 Å². The maximum absolute atomic E-state index is 13.0. The fourth-order valence-corrected chi connectivity index (χ4v) is 5.60. The average molecular weight is 473 g/mol. The molecular formula is C23H28N4O5S. The number of morpholine rings is 1. The first-order valence-electron chi connectivity index (χ1n) is 11.1. The van der Waals surface area contributed by atoms with Crippen LogP contribution in [0.25, 0.3) is 0 Å². The largest absolute Gasteiger partial charge is 0.378 e. The Kier molecular flexibility index (Phi) is 7.06. The van der Waals surface area contributed by atoms with Gasteiger partial charge in [-0.25, -0.2) is 13.4 Å². The Hall–Kier alpha value is -2.82. The molecule has 0 aliphatic carbocycles. The molecule has 0 spiro atoms. The Bertz CT molecular complexity index is 1110. The molecule has 0 atom stereocenters. The summed E-state index contributed by atoms with van der Waals surface area (Å²) in [6.45, 7) is 4.90. The number of Topliss-reactive ketones (excluding diaryl/α,β-unsaturated/α-hetero) is 1. The normalized spacial score (nSPS) is 18.2. The zero-order chi connectivity index (χ0) is 23.4. The Morgan fingerprint density at radius 3 is 2.42 bits per heavy atom. The first-order chi connectivity index (χ1) is 15.8. The summed E-state index contributed by atoms with van der Waals surface area (Å²) in [6, 6.07) is 9.78. The number of carbonyl (C=O) groups excluding carboxylic acids is 2. The number of anilines is 2. The highest BCUT2D eigenvalue weighted by molar-refractivity contribution is 7.89. The SMILES string of the molecule is CC(=O)c1cccc(S(=O)(=O)N2CCC(C(=O)Nc3ccc(N4CCOCC4)cn3)CC2)c1. The van der Waals surface area contributed by atoms with Crippen LogP contribution in [0.1, 0.15) is 30.1 Å². The van der Waals surface area contributed by atoms with Gasteiger partial charge in [-0.1, -0.05) is 12.1 Å². The van der Waals surface area contributed by atoms with Gasteiger partial charge in [0.2, 0.25) is 15.9 Å². The number of ether oxygens (including phenoxy) is 1. The predicted molar refractivity (Wildman–Crippen MR) is 124 cm³/mol. The third-order valence-corrected chi connectivity index (χ3v) is 7.97. The van der Waals surface area contributed by atoms with Gasteiger partial charge < -0.3 is 15.0 Å². The van der Waals surface area contributed by atoms with Crippen molar-refractivity contribution in [3.63, 3.8) is 0 Å². The number of benzene rings is 1. The first kappa shape index (κ1) is 23.3. The maximum atomic E-state index is 13.0. The molecule has 33 heavy (non-hydrogen) atoms. The van der Waals surface area contributed by atoms with Crippen LogP contribution in [0, 0.1) is 5.92 Å². The minimum atomic E-state index is -3.72. The lowest BCUT2D eigenvalue weighted by atomic mass is 9.97. The van der Waals surface area contributed by atoms with Crippen LogP contribution in [-0.2, 0) is 19.6 Å². The molecule has 1 amide bonds. The Morgan fingerprint density at radius 1 is 1.06 bits per heavy atom. The van der Waals surface area contributed by atoms with Crippen molar-refractivity contribution in [2.24, 2.45) is 5.92 Å². The second kappa shape index (κ2) is 9.98. The zero-order valence-corrected chi connectivity index (χ0v) is 19.4. The van der Waals surface area contributed by atoms with Crippen LogP contribution >= 0.6 is 0 Å². The van der Waals surface area contributed by atoms with Crippen molar-refractivity contribution >= 4 is 33.2 Å². The maximum Gasteiger partial charge on any atom is 0.243 e.